The predicted octanol–water partition coefficient (Wildman–Crippen LogP) is 3.84. The summed E-state index contributed by atoms with van der Waals surface area (Å²) in [6.07, 6.45) is 1.37. The molecule has 1 aromatic rings. The second-order valence-electron chi connectivity index (χ2n) is 7.85. The highest BCUT2D eigenvalue weighted by atomic mass is 31.2. The SMILES string of the molecule is COc1c(C)c2c(c(OCOC(C)OC)c1CC=C(C)CC(C(=O)O)P(=O)(OC)OC)C(=O)OC2. The number of aliphatic carboxylic acids is 1. The van der Waals surface area contributed by atoms with Gasteiger partial charge in [0.25, 0.3) is 0 Å². The molecule has 0 amide bonds. The van der Waals surface area contributed by atoms with E-state index in [9.17, 15) is 19.3 Å². The standard InChI is InChI=1S/C23H33O11P/c1-13(10-18(22(24)25)35(27,30-6)31-7)8-9-16-20(29-5)14(2)17-11-32-23(26)19(17)21(16)34-12-33-15(3)28-4/h8,15,18H,9-12H2,1-7H3,(H,24,25). The van der Waals surface area contributed by atoms with Crippen molar-refractivity contribution in [3.05, 3.63) is 33.9 Å². The molecule has 1 aliphatic heterocycles. The van der Waals surface area contributed by atoms with Gasteiger partial charge in [-0.15, -0.1) is 0 Å². The van der Waals surface area contributed by atoms with Crippen LogP contribution in [0.25, 0.3) is 0 Å². The zero-order valence-corrected chi connectivity index (χ0v) is 21.9. The number of rotatable bonds is 14. The third-order valence-corrected chi connectivity index (χ3v) is 7.99. The molecule has 1 N–H and O–H groups in total. The Bertz CT molecular complexity index is 1010. The molecule has 2 atom stereocenters. The van der Waals surface area contributed by atoms with Crippen molar-refractivity contribution in [3.8, 4) is 11.5 Å². The van der Waals surface area contributed by atoms with Crippen LogP contribution in [0.3, 0.4) is 0 Å². The second kappa shape index (κ2) is 12.5. The molecule has 2 unspecified atom stereocenters. The number of benzene rings is 1. The zero-order chi connectivity index (χ0) is 26.3. The molecule has 1 heterocycles. The van der Waals surface area contributed by atoms with Crippen LogP contribution in [-0.4, -0.2) is 64.2 Å². The molecule has 11 nitrogen and oxygen atoms in total. The number of hydrogen-bond donors (Lipinski definition) is 1. The highest BCUT2D eigenvalue weighted by molar-refractivity contribution is 7.55. The molecule has 0 spiro atoms. The van der Waals surface area contributed by atoms with Crippen LogP contribution in [0.2, 0.25) is 0 Å². The number of carboxylic acids is 1. The molecule has 196 valence electrons. The third-order valence-electron chi connectivity index (χ3n) is 5.81. The summed E-state index contributed by atoms with van der Waals surface area (Å²) < 4.78 is 49.7. The van der Waals surface area contributed by atoms with E-state index in [2.05, 4.69) is 0 Å². The monoisotopic (exact) mass is 516 g/mol. The molecule has 1 aromatic carbocycles. The van der Waals surface area contributed by atoms with E-state index in [0.717, 1.165) is 19.8 Å². The van der Waals surface area contributed by atoms with Crippen molar-refractivity contribution in [2.24, 2.45) is 0 Å². The first-order valence-electron chi connectivity index (χ1n) is 10.8. The summed E-state index contributed by atoms with van der Waals surface area (Å²) in [5.41, 5.74) is 1.49. The van der Waals surface area contributed by atoms with Crippen molar-refractivity contribution in [2.75, 3.05) is 35.2 Å². The first-order chi connectivity index (χ1) is 16.5. The molecule has 0 saturated heterocycles. The second-order valence-corrected chi connectivity index (χ2v) is 10.3. The molecule has 0 aromatic heterocycles. The van der Waals surface area contributed by atoms with Gasteiger partial charge in [0.05, 0.1) is 7.11 Å². The van der Waals surface area contributed by atoms with Gasteiger partial charge in [-0.25, -0.2) is 4.79 Å². The van der Waals surface area contributed by atoms with Crippen LogP contribution in [0.15, 0.2) is 11.6 Å². The number of cyclic esters (lactones) is 1. The smallest absolute Gasteiger partial charge is 0.344 e. The maximum Gasteiger partial charge on any atom is 0.344 e. The van der Waals surface area contributed by atoms with Crippen LogP contribution < -0.4 is 9.47 Å². The molecule has 1 aliphatic rings. The minimum absolute atomic E-state index is 0.0762. The number of esters is 1. The van der Waals surface area contributed by atoms with Crippen molar-refractivity contribution in [1.82, 2.24) is 0 Å². The molecule has 12 heteroatoms. The van der Waals surface area contributed by atoms with E-state index in [1.54, 1.807) is 19.9 Å². The molecular formula is C23H33O11P. The van der Waals surface area contributed by atoms with Gasteiger partial charge < -0.3 is 37.8 Å². The number of carbonyl (C=O) groups excluding carboxylic acids is 1. The number of hydrogen-bond acceptors (Lipinski definition) is 10. The van der Waals surface area contributed by atoms with Gasteiger partial charge in [0, 0.05) is 32.5 Å². The van der Waals surface area contributed by atoms with Crippen LogP contribution in [0.4, 0.5) is 0 Å². The largest absolute Gasteiger partial charge is 0.496 e. The summed E-state index contributed by atoms with van der Waals surface area (Å²) >= 11 is 0. The first-order valence-corrected chi connectivity index (χ1v) is 12.4. The predicted molar refractivity (Wildman–Crippen MR) is 125 cm³/mol. The van der Waals surface area contributed by atoms with E-state index >= 15 is 0 Å². The maximum absolute atomic E-state index is 12.7. The van der Waals surface area contributed by atoms with Crippen molar-refractivity contribution < 1.29 is 52.0 Å². The van der Waals surface area contributed by atoms with Crippen LogP contribution in [0.5, 0.6) is 11.5 Å². The minimum atomic E-state index is -3.86. The molecule has 0 saturated carbocycles. The maximum atomic E-state index is 12.7. The van der Waals surface area contributed by atoms with Gasteiger partial charge in [0.15, 0.2) is 18.7 Å². The summed E-state index contributed by atoms with van der Waals surface area (Å²) in [6.45, 7) is 5.13. The van der Waals surface area contributed by atoms with Crippen LogP contribution in [-0.2, 0) is 45.6 Å². The van der Waals surface area contributed by atoms with Gasteiger partial charge in [-0.05, 0) is 39.2 Å². The normalized spacial score (nSPS) is 15.4. The van der Waals surface area contributed by atoms with E-state index < -0.39 is 31.5 Å². The van der Waals surface area contributed by atoms with E-state index in [-0.39, 0.29) is 32.0 Å². The topological polar surface area (TPSA) is 136 Å². The fourth-order valence-corrected chi connectivity index (χ4v) is 5.19. The van der Waals surface area contributed by atoms with E-state index in [0.29, 0.717) is 28.0 Å². The molecule has 0 radical (unpaired) electrons. The Hall–Kier alpha value is -2.43. The van der Waals surface area contributed by atoms with Gasteiger partial charge in [0.2, 0.25) is 0 Å². The average Bonchev–Trinajstić information content (AvgIpc) is 3.23. The Morgan fingerprint density at radius 2 is 1.86 bits per heavy atom. The van der Waals surface area contributed by atoms with Gasteiger partial charge in [-0.3, -0.25) is 9.36 Å². The highest BCUT2D eigenvalue weighted by Gasteiger charge is 2.40. The Kier molecular flexibility index (Phi) is 10.3. The summed E-state index contributed by atoms with van der Waals surface area (Å²) in [4.78, 5) is 24.3. The van der Waals surface area contributed by atoms with E-state index in [4.69, 9.17) is 32.7 Å². The Morgan fingerprint density at radius 3 is 2.40 bits per heavy atom. The van der Waals surface area contributed by atoms with Crippen LogP contribution >= 0.6 is 7.60 Å². The molecule has 35 heavy (non-hydrogen) atoms. The van der Waals surface area contributed by atoms with Gasteiger partial charge in [-0.2, -0.15) is 0 Å². The number of fused-ring (bicyclic) bond motifs is 1. The summed E-state index contributed by atoms with van der Waals surface area (Å²) in [5.74, 6) is -1.05. The number of carboxylic acid groups (broad SMARTS) is 1. The summed E-state index contributed by atoms with van der Waals surface area (Å²) in [7, 11) is 1.43. The number of methoxy groups -OCH3 is 2. The number of carbonyl (C=O) groups is 2. The van der Waals surface area contributed by atoms with E-state index in [1.165, 1.54) is 14.2 Å². The quantitative estimate of drug-likeness (QED) is 0.167. The lowest BCUT2D eigenvalue weighted by Gasteiger charge is -2.22. The lowest BCUT2D eigenvalue weighted by molar-refractivity contribution is -0.149. The molecule has 2 rings (SSSR count). The average molecular weight is 516 g/mol. The van der Waals surface area contributed by atoms with Gasteiger partial charge in [0.1, 0.15) is 23.7 Å². The minimum Gasteiger partial charge on any atom is -0.496 e. The van der Waals surface area contributed by atoms with Gasteiger partial charge >= 0.3 is 19.5 Å². The van der Waals surface area contributed by atoms with Crippen molar-refractivity contribution in [2.45, 2.75) is 52.2 Å². The van der Waals surface area contributed by atoms with Crippen molar-refractivity contribution >= 4 is 19.5 Å². The van der Waals surface area contributed by atoms with E-state index in [1.807, 2.05) is 6.92 Å². The van der Waals surface area contributed by atoms with Crippen molar-refractivity contribution in [1.29, 1.82) is 0 Å². The highest BCUT2D eigenvalue weighted by Crippen LogP contribution is 2.53. The summed E-state index contributed by atoms with van der Waals surface area (Å²) in [5, 5.41) is 9.59. The number of ether oxygens (including phenoxy) is 5. The number of allylic oxidation sites excluding steroid dienone is 2. The fourth-order valence-electron chi connectivity index (χ4n) is 3.75. The summed E-state index contributed by atoms with van der Waals surface area (Å²) in [6, 6.07) is 0. The Balaban J connectivity index is 2.46. The Morgan fingerprint density at radius 1 is 1.20 bits per heavy atom. The molecule has 0 aliphatic carbocycles. The third kappa shape index (κ3) is 6.42. The zero-order valence-electron chi connectivity index (χ0n) is 21.0. The van der Waals surface area contributed by atoms with Crippen molar-refractivity contribution in [3.63, 3.8) is 0 Å². The Labute approximate surface area is 204 Å². The molecule has 0 fully saturated rings. The fraction of sp³-hybridized carbons (Fsp3) is 0.565. The van der Waals surface area contributed by atoms with Crippen LogP contribution in [0.1, 0.15) is 47.3 Å². The van der Waals surface area contributed by atoms with Crippen LogP contribution in [0, 0.1) is 6.92 Å². The molecular weight excluding hydrogens is 483 g/mol. The van der Waals surface area contributed by atoms with Gasteiger partial charge in [-0.1, -0.05) is 11.6 Å². The first kappa shape index (κ1) is 28.8. The molecule has 0 bridgehead atoms. The lowest BCUT2D eigenvalue weighted by Crippen LogP contribution is -2.22. The lowest BCUT2D eigenvalue weighted by atomic mass is 9.94.